The Morgan fingerprint density at radius 3 is 2.75 bits per heavy atom. The van der Waals surface area contributed by atoms with Gasteiger partial charge in [-0.25, -0.2) is 0 Å². The van der Waals surface area contributed by atoms with E-state index >= 15 is 0 Å². The number of thioether (sulfide) groups is 1. The summed E-state index contributed by atoms with van der Waals surface area (Å²) < 4.78 is 0. The second-order valence-corrected chi connectivity index (χ2v) is 3.77. The molecule has 1 atom stereocenters. The highest BCUT2D eigenvalue weighted by atomic mass is 32.2. The van der Waals surface area contributed by atoms with Crippen LogP contribution in [0, 0.1) is 0 Å². The molecule has 0 aliphatic heterocycles. The summed E-state index contributed by atoms with van der Waals surface area (Å²) in [4.78, 5) is 10.9. The van der Waals surface area contributed by atoms with Gasteiger partial charge >= 0.3 is 0 Å². The van der Waals surface area contributed by atoms with Crippen LogP contribution in [0.15, 0.2) is 0 Å². The van der Waals surface area contributed by atoms with Crippen LogP contribution in [-0.4, -0.2) is 30.5 Å². The van der Waals surface area contributed by atoms with Gasteiger partial charge in [0.2, 0.25) is 5.91 Å². The minimum atomic E-state index is -0.384. The van der Waals surface area contributed by atoms with E-state index in [4.69, 9.17) is 5.73 Å². The summed E-state index contributed by atoms with van der Waals surface area (Å²) in [6, 6.07) is -0.384. The Hall–Kier alpha value is -0.220. The van der Waals surface area contributed by atoms with E-state index in [9.17, 15) is 4.79 Å². The van der Waals surface area contributed by atoms with Crippen molar-refractivity contribution in [1.82, 2.24) is 5.32 Å². The second kappa shape index (κ2) is 7.43. The summed E-state index contributed by atoms with van der Waals surface area (Å²) in [5, 5.41) is 2.77. The van der Waals surface area contributed by atoms with Crippen LogP contribution >= 0.6 is 11.8 Å². The summed E-state index contributed by atoms with van der Waals surface area (Å²) in [5.41, 5.74) is 5.36. The highest BCUT2D eigenvalue weighted by Gasteiger charge is 2.04. The molecular weight excluding hydrogens is 172 g/mol. The molecule has 12 heavy (non-hydrogen) atoms. The van der Waals surface area contributed by atoms with Gasteiger partial charge in [-0.1, -0.05) is 0 Å². The van der Waals surface area contributed by atoms with E-state index < -0.39 is 0 Å². The number of unbranched alkanes of at least 4 members (excludes halogenated alkanes) is 1. The minimum absolute atomic E-state index is 0.0563. The van der Waals surface area contributed by atoms with Gasteiger partial charge in [0.05, 0.1) is 6.04 Å². The minimum Gasteiger partial charge on any atom is -0.355 e. The molecule has 0 bridgehead atoms. The number of amides is 1. The van der Waals surface area contributed by atoms with E-state index in [1.807, 2.05) is 11.8 Å². The Bertz CT molecular complexity index is 128. The van der Waals surface area contributed by atoms with Crippen LogP contribution in [0.1, 0.15) is 19.8 Å². The molecule has 0 spiro atoms. The number of carbonyl (C=O) groups is 1. The topological polar surface area (TPSA) is 55.1 Å². The zero-order valence-electron chi connectivity index (χ0n) is 7.80. The zero-order chi connectivity index (χ0) is 9.40. The van der Waals surface area contributed by atoms with Crippen molar-refractivity contribution in [2.24, 2.45) is 5.73 Å². The molecule has 0 aliphatic rings. The molecule has 0 unspecified atom stereocenters. The average Bonchev–Trinajstić information content (AvgIpc) is 2.03. The van der Waals surface area contributed by atoms with Crippen molar-refractivity contribution < 1.29 is 4.79 Å². The Kier molecular flexibility index (Phi) is 7.29. The first-order valence-corrected chi connectivity index (χ1v) is 5.60. The van der Waals surface area contributed by atoms with Crippen molar-refractivity contribution in [3.8, 4) is 0 Å². The molecule has 0 rings (SSSR count). The molecule has 0 saturated heterocycles. The van der Waals surface area contributed by atoms with E-state index in [2.05, 4.69) is 11.6 Å². The third-order valence-corrected chi connectivity index (χ3v) is 2.18. The van der Waals surface area contributed by atoms with Crippen LogP contribution in [0.4, 0.5) is 0 Å². The first kappa shape index (κ1) is 11.8. The average molecular weight is 190 g/mol. The Morgan fingerprint density at radius 1 is 1.58 bits per heavy atom. The molecule has 3 nitrogen and oxygen atoms in total. The quantitative estimate of drug-likeness (QED) is 0.603. The highest BCUT2D eigenvalue weighted by Crippen LogP contribution is 1.97. The summed E-state index contributed by atoms with van der Waals surface area (Å²) in [7, 11) is 0. The van der Waals surface area contributed by atoms with Gasteiger partial charge in [-0.3, -0.25) is 4.79 Å². The maximum absolute atomic E-state index is 10.9. The molecule has 0 radical (unpaired) electrons. The molecular formula is C8H18N2OS. The molecule has 3 N–H and O–H groups in total. The van der Waals surface area contributed by atoms with E-state index in [1.165, 1.54) is 0 Å². The van der Waals surface area contributed by atoms with E-state index in [0.717, 1.165) is 25.1 Å². The van der Waals surface area contributed by atoms with E-state index in [1.54, 1.807) is 6.92 Å². The van der Waals surface area contributed by atoms with Gasteiger partial charge in [-0.15, -0.1) is 0 Å². The van der Waals surface area contributed by atoms with Crippen molar-refractivity contribution in [2.75, 3.05) is 18.6 Å². The standard InChI is InChI=1S/C8H18N2OS/c1-7(9)8(11)10-5-3-4-6-12-2/h7H,3-6,9H2,1-2H3,(H,10,11)/t7-/m1/s1. The Morgan fingerprint density at radius 2 is 2.25 bits per heavy atom. The largest absolute Gasteiger partial charge is 0.355 e. The maximum Gasteiger partial charge on any atom is 0.236 e. The Balaban J connectivity index is 3.14. The molecule has 72 valence electrons. The molecule has 0 fully saturated rings. The third-order valence-electron chi connectivity index (χ3n) is 1.49. The van der Waals surface area contributed by atoms with Gasteiger partial charge in [-0.05, 0) is 31.8 Å². The Labute approximate surface area is 78.5 Å². The molecule has 0 heterocycles. The molecule has 4 heteroatoms. The van der Waals surface area contributed by atoms with Crippen LogP contribution in [0.25, 0.3) is 0 Å². The van der Waals surface area contributed by atoms with Crippen molar-refractivity contribution in [3.63, 3.8) is 0 Å². The zero-order valence-corrected chi connectivity index (χ0v) is 8.62. The van der Waals surface area contributed by atoms with Gasteiger partial charge in [0, 0.05) is 6.54 Å². The van der Waals surface area contributed by atoms with Crippen LogP contribution in [0.2, 0.25) is 0 Å². The smallest absolute Gasteiger partial charge is 0.236 e. The van der Waals surface area contributed by atoms with Gasteiger partial charge in [0.25, 0.3) is 0 Å². The monoisotopic (exact) mass is 190 g/mol. The highest BCUT2D eigenvalue weighted by molar-refractivity contribution is 7.98. The molecule has 0 saturated carbocycles. The van der Waals surface area contributed by atoms with Crippen LogP contribution in [0.5, 0.6) is 0 Å². The fourth-order valence-corrected chi connectivity index (χ4v) is 1.24. The lowest BCUT2D eigenvalue weighted by Crippen LogP contribution is -2.38. The van der Waals surface area contributed by atoms with Crippen LogP contribution in [0.3, 0.4) is 0 Å². The normalized spacial score (nSPS) is 12.6. The van der Waals surface area contributed by atoms with Crippen molar-refractivity contribution in [3.05, 3.63) is 0 Å². The first-order chi connectivity index (χ1) is 5.68. The molecule has 1 amide bonds. The number of nitrogens with two attached hydrogens (primary N) is 1. The fourth-order valence-electron chi connectivity index (χ4n) is 0.744. The number of hydrogen-bond acceptors (Lipinski definition) is 3. The molecule has 0 aliphatic carbocycles. The lowest BCUT2D eigenvalue weighted by Gasteiger charge is -2.06. The fraction of sp³-hybridized carbons (Fsp3) is 0.875. The molecule has 0 aromatic rings. The maximum atomic E-state index is 10.9. The number of carbonyl (C=O) groups excluding carboxylic acids is 1. The SMILES string of the molecule is CSCCCCNC(=O)[C@@H](C)N. The summed E-state index contributed by atoms with van der Waals surface area (Å²) in [6.07, 6.45) is 4.28. The second-order valence-electron chi connectivity index (χ2n) is 2.78. The van der Waals surface area contributed by atoms with E-state index in [0.29, 0.717) is 0 Å². The predicted octanol–water partition coefficient (Wildman–Crippen LogP) is 0.593. The predicted molar refractivity (Wildman–Crippen MR) is 54.3 cm³/mol. The number of rotatable bonds is 6. The third kappa shape index (κ3) is 6.49. The molecule has 0 aromatic carbocycles. The van der Waals surface area contributed by atoms with Crippen LogP contribution in [-0.2, 0) is 4.79 Å². The number of nitrogens with one attached hydrogen (secondary N) is 1. The van der Waals surface area contributed by atoms with Gasteiger partial charge < -0.3 is 11.1 Å². The number of hydrogen-bond donors (Lipinski definition) is 2. The van der Waals surface area contributed by atoms with Crippen molar-refractivity contribution in [2.45, 2.75) is 25.8 Å². The summed E-state index contributed by atoms with van der Waals surface area (Å²) >= 11 is 1.83. The lowest BCUT2D eigenvalue weighted by atomic mass is 10.3. The summed E-state index contributed by atoms with van der Waals surface area (Å²) in [5.74, 6) is 1.10. The lowest BCUT2D eigenvalue weighted by molar-refractivity contribution is -0.121. The van der Waals surface area contributed by atoms with Gasteiger partial charge in [0.15, 0.2) is 0 Å². The summed E-state index contributed by atoms with van der Waals surface area (Å²) in [6.45, 7) is 2.44. The van der Waals surface area contributed by atoms with Crippen molar-refractivity contribution >= 4 is 17.7 Å². The van der Waals surface area contributed by atoms with E-state index in [-0.39, 0.29) is 11.9 Å². The van der Waals surface area contributed by atoms with Crippen molar-refractivity contribution in [1.29, 1.82) is 0 Å². The van der Waals surface area contributed by atoms with Crippen LogP contribution < -0.4 is 11.1 Å². The molecule has 0 aromatic heterocycles. The first-order valence-electron chi connectivity index (χ1n) is 4.20. The van der Waals surface area contributed by atoms with Gasteiger partial charge in [0.1, 0.15) is 0 Å². The van der Waals surface area contributed by atoms with Gasteiger partial charge in [-0.2, -0.15) is 11.8 Å².